The lowest BCUT2D eigenvalue weighted by atomic mass is 10.2. The number of benzene rings is 1. The molecule has 0 aliphatic heterocycles. The number of rotatable bonds is 1. The van der Waals surface area contributed by atoms with Crippen LogP contribution in [0.3, 0.4) is 0 Å². The third kappa shape index (κ3) is 1.83. The van der Waals surface area contributed by atoms with Gasteiger partial charge in [-0.15, -0.1) is 0 Å². The van der Waals surface area contributed by atoms with Gasteiger partial charge in [0, 0.05) is 5.56 Å². The average Bonchev–Trinajstić information content (AvgIpc) is 2.57. The normalized spacial score (nSPS) is 10.4. The molecule has 14 heavy (non-hydrogen) atoms. The predicted molar refractivity (Wildman–Crippen MR) is 62.8 cm³/mol. The molecule has 6 heteroatoms. The highest BCUT2D eigenvalue weighted by atomic mass is 35.5. The first-order valence-electron chi connectivity index (χ1n) is 3.68. The molecule has 0 unspecified atom stereocenters. The summed E-state index contributed by atoms with van der Waals surface area (Å²) in [6, 6.07) is 5.42. The Labute approximate surface area is 99.5 Å². The van der Waals surface area contributed by atoms with Crippen LogP contribution in [-0.2, 0) is 0 Å². The molecular weight excluding hydrogens is 259 g/mol. The lowest BCUT2D eigenvalue weighted by Gasteiger charge is -2.00. The van der Waals surface area contributed by atoms with Crippen molar-refractivity contribution in [3.05, 3.63) is 32.2 Å². The van der Waals surface area contributed by atoms with E-state index >= 15 is 0 Å². The number of H-pyrrole nitrogens is 1. The zero-order valence-electron chi connectivity index (χ0n) is 6.75. The average molecular weight is 263 g/mol. The largest absolute Gasteiger partial charge is 0.258 e. The summed E-state index contributed by atoms with van der Waals surface area (Å²) in [5, 5.41) is 8.51. The highest BCUT2D eigenvalue weighted by molar-refractivity contribution is 7.73. The van der Waals surface area contributed by atoms with E-state index in [9.17, 15) is 0 Å². The molecule has 0 atom stereocenters. The number of nitrogens with one attached hydrogen (secondary N) is 1. The van der Waals surface area contributed by atoms with Gasteiger partial charge in [-0.1, -0.05) is 46.7 Å². The van der Waals surface area contributed by atoms with Crippen molar-refractivity contribution in [2.24, 2.45) is 0 Å². The Kier molecular flexibility index (Phi) is 2.88. The number of hydrogen-bond acceptors (Lipinski definition) is 3. The summed E-state index contributed by atoms with van der Waals surface area (Å²) in [5.74, 6) is 0. The Morgan fingerprint density at radius 3 is 2.79 bits per heavy atom. The van der Waals surface area contributed by atoms with E-state index < -0.39 is 0 Å². The smallest absolute Gasteiger partial charge is 0.176 e. The number of aromatic amines is 1. The number of hydrogen-bond donors (Lipinski definition) is 1. The van der Waals surface area contributed by atoms with Gasteiger partial charge in [0.1, 0.15) is 5.01 Å². The molecule has 1 heterocycles. The third-order valence-electron chi connectivity index (χ3n) is 1.62. The van der Waals surface area contributed by atoms with Gasteiger partial charge in [-0.05, 0) is 18.3 Å². The lowest BCUT2D eigenvalue weighted by Crippen LogP contribution is -1.79. The second-order valence-corrected chi connectivity index (χ2v) is 4.97. The van der Waals surface area contributed by atoms with Crippen LogP contribution in [0.15, 0.2) is 18.2 Å². The van der Waals surface area contributed by atoms with E-state index in [-0.39, 0.29) is 0 Å². The van der Waals surface area contributed by atoms with Crippen LogP contribution >= 0.6 is 46.8 Å². The van der Waals surface area contributed by atoms with Crippen molar-refractivity contribution < 1.29 is 0 Å². The number of nitrogens with zero attached hydrogens (tertiary/aromatic N) is 1. The highest BCUT2D eigenvalue weighted by Gasteiger charge is 2.09. The van der Waals surface area contributed by atoms with E-state index in [1.54, 1.807) is 6.07 Å². The standard InChI is InChI=1S/C8H4Cl2N2S2/c9-5-3-1-2-4(6(5)10)7-11-12-8(13)14-7/h1-3H,(H,12,13). The van der Waals surface area contributed by atoms with Crippen LogP contribution in [0.2, 0.25) is 10.0 Å². The SMILES string of the molecule is S=c1[nH]nc(-c2cccc(Cl)c2Cl)s1. The fourth-order valence-corrected chi connectivity index (χ4v) is 2.38. The maximum absolute atomic E-state index is 6.02. The summed E-state index contributed by atoms with van der Waals surface area (Å²) < 4.78 is 0.621. The van der Waals surface area contributed by atoms with Crippen LogP contribution in [0.1, 0.15) is 0 Å². The summed E-state index contributed by atoms with van der Waals surface area (Å²) in [6.07, 6.45) is 0. The van der Waals surface area contributed by atoms with Gasteiger partial charge in [0.2, 0.25) is 0 Å². The molecule has 0 saturated carbocycles. The summed E-state index contributed by atoms with van der Waals surface area (Å²) >= 11 is 18.2. The summed E-state index contributed by atoms with van der Waals surface area (Å²) in [6.45, 7) is 0. The first kappa shape index (κ1) is 10.1. The summed E-state index contributed by atoms with van der Waals surface area (Å²) in [4.78, 5) is 0. The molecule has 2 nitrogen and oxygen atoms in total. The van der Waals surface area contributed by atoms with Crippen LogP contribution in [-0.4, -0.2) is 10.2 Å². The summed E-state index contributed by atoms with van der Waals surface area (Å²) in [7, 11) is 0. The van der Waals surface area contributed by atoms with Crippen molar-refractivity contribution in [1.29, 1.82) is 0 Å². The minimum atomic E-state index is 0.506. The Balaban J connectivity index is 2.62. The molecule has 1 aromatic carbocycles. The molecule has 2 aromatic rings. The van der Waals surface area contributed by atoms with E-state index in [0.29, 0.717) is 14.0 Å². The second kappa shape index (κ2) is 3.98. The van der Waals surface area contributed by atoms with Gasteiger partial charge in [-0.25, -0.2) is 0 Å². The highest BCUT2D eigenvalue weighted by Crippen LogP contribution is 2.33. The van der Waals surface area contributed by atoms with Gasteiger partial charge >= 0.3 is 0 Å². The van der Waals surface area contributed by atoms with Gasteiger partial charge in [-0.2, -0.15) is 5.10 Å². The maximum atomic E-state index is 6.02. The molecule has 0 radical (unpaired) electrons. The maximum Gasteiger partial charge on any atom is 0.176 e. The zero-order chi connectivity index (χ0) is 10.1. The van der Waals surface area contributed by atoms with Crippen LogP contribution in [0.4, 0.5) is 0 Å². The Morgan fingerprint density at radius 2 is 2.14 bits per heavy atom. The Bertz CT molecular complexity index is 518. The van der Waals surface area contributed by atoms with Crippen molar-refractivity contribution >= 4 is 46.8 Å². The van der Waals surface area contributed by atoms with E-state index in [2.05, 4.69) is 10.2 Å². The topological polar surface area (TPSA) is 28.7 Å². The quantitative estimate of drug-likeness (QED) is 0.782. The molecule has 1 aromatic heterocycles. The molecule has 0 spiro atoms. The fourth-order valence-electron chi connectivity index (χ4n) is 1.01. The zero-order valence-corrected chi connectivity index (χ0v) is 9.90. The van der Waals surface area contributed by atoms with E-state index in [0.717, 1.165) is 10.6 Å². The van der Waals surface area contributed by atoms with Gasteiger partial charge < -0.3 is 0 Å². The number of halogens is 2. The van der Waals surface area contributed by atoms with Crippen molar-refractivity contribution in [3.8, 4) is 10.6 Å². The van der Waals surface area contributed by atoms with Crippen LogP contribution < -0.4 is 0 Å². The lowest BCUT2D eigenvalue weighted by molar-refractivity contribution is 1.08. The molecule has 0 saturated heterocycles. The molecule has 0 aliphatic carbocycles. The van der Waals surface area contributed by atoms with E-state index in [4.69, 9.17) is 35.4 Å². The molecular formula is C8H4Cl2N2S2. The molecule has 0 fully saturated rings. The van der Waals surface area contributed by atoms with Crippen LogP contribution in [0, 0.1) is 3.95 Å². The minimum absolute atomic E-state index is 0.506. The number of aromatic nitrogens is 2. The molecule has 1 N–H and O–H groups in total. The first-order chi connectivity index (χ1) is 6.68. The van der Waals surface area contributed by atoms with Gasteiger partial charge in [0.15, 0.2) is 3.95 Å². The minimum Gasteiger partial charge on any atom is -0.258 e. The van der Waals surface area contributed by atoms with Gasteiger partial charge in [0.25, 0.3) is 0 Å². The van der Waals surface area contributed by atoms with Crippen molar-refractivity contribution in [2.45, 2.75) is 0 Å². The summed E-state index contributed by atoms with van der Waals surface area (Å²) in [5.41, 5.74) is 0.802. The Morgan fingerprint density at radius 1 is 1.36 bits per heavy atom. The molecule has 0 bridgehead atoms. The van der Waals surface area contributed by atoms with E-state index in [1.807, 2.05) is 12.1 Å². The fraction of sp³-hybridized carbons (Fsp3) is 0. The first-order valence-corrected chi connectivity index (χ1v) is 5.66. The second-order valence-electron chi connectivity index (χ2n) is 2.52. The van der Waals surface area contributed by atoms with Crippen molar-refractivity contribution in [1.82, 2.24) is 10.2 Å². The van der Waals surface area contributed by atoms with Crippen LogP contribution in [0.5, 0.6) is 0 Å². The van der Waals surface area contributed by atoms with Gasteiger partial charge in [-0.3, -0.25) is 5.10 Å². The molecule has 72 valence electrons. The monoisotopic (exact) mass is 262 g/mol. The van der Waals surface area contributed by atoms with Crippen molar-refractivity contribution in [2.75, 3.05) is 0 Å². The Hall–Kier alpha value is -0.420. The molecule has 2 rings (SSSR count). The van der Waals surface area contributed by atoms with E-state index in [1.165, 1.54) is 11.3 Å². The molecule has 0 amide bonds. The van der Waals surface area contributed by atoms with Gasteiger partial charge in [0.05, 0.1) is 10.0 Å². The van der Waals surface area contributed by atoms with Crippen LogP contribution in [0.25, 0.3) is 10.6 Å². The van der Waals surface area contributed by atoms with Crippen molar-refractivity contribution in [3.63, 3.8) is 0 Å². The third-order valence-corrected chi connectivity index (χ3v) is 3.56. The molecule has 0 aliphatic rings. The predicted octanol–water partition coefficient (Wildman–Crippen LogP) is 4.17.